The second-order valence-corrected chi connectivity index (χ2v) is 4.86. The number of nitrogens with one attached hydrogen (secondary N) is 2. The Hall–Kier alpha value is -2.49. The highest BCUT2D eigenvalue weighted by Gasteiger charge is 2.09. The van der Waals surface area contributed by atoms with Crippen LogP contribution in [0.25, 0.3) is 0 Å². The number of carbonyl (C=O) groups is 1. The van der Waals surface area contributed by atoms with Gasteiger partial charge >= 0.3 is 6.03 Å². The molecule has 0 aromatic heterocycles. The van der Waals surface area contributed by atoms with Crippen LogP contribution in [0.3, 0.4) is 0 Å². The second kappa shape index (κ2) is 6.10. The summed E-state index contributed by atoms with van der Waals surface area (Å²) in [5.74, 6) is 0. The molecule has 1 atom stereocenters. The highest BCUT2D eigenvalue weighted by molar-refractivity contribution is 5.89. The van der Waals surface area contributed by atoms with E-state index in [2.05, 4.69) is 10.6 Å². The first-order valence-corrected chi connectivity index (χ1v) is 6.54. The maximum atomic E-state index is 11.9. The first-order valence-electron chi connectivity index (χ1n) is 6.54. The summed E-state index contributed by atoms with van der Waals surface area (Å²) in [5, 5.41) is 5.71. The van der Waals surface area contributed by atoms with Crippen LogP contribution in [0.15, 0.2) is 48.5 Å². The molecule has 0 fully saturated rings. The van der Waals surface area contributed by atoms with Gasteiger partial charge in [-0.25, -0.2) is 4.79 Å². The van der Waals surface area contributed by atoms with E-state index < -0.39 is 0 Å². The minimum Gasteiger partial charge on any atom is -0.399 e. The van der Waals surface area contributed by atoms with Crippen molar-refractivity contribution in [1.29, 1.82) is 0 Å². The average molecular weight is 269 g/mol. The zero-order valence-electron chi connectivity index (χ0n) is 11.7. The monoisotopic (exact) mass is 269 g/mol. The molecule has 0 spiro atoms. The van der Waals surface area contributed by atoms with Crippen LogP contribution in [0.2, 0.25) is 0 Å². The fourth-order valence-electron chi connectivity index (χ4n) is 1.95. The van der Waals surface area contributed by atoms with Crippen LogP contribution in [-0.4, -0.2) is 6.03 Å². The van der Waals surface area contributed by atoms with Gasteiger partial charge in [0.15, 0.2) is 0 Å². The normalized spacial score (nSPS) is 11.7. The third-order valence-electron chi connectivity index (χ3n) is 3.06. The van der Waals surface area contributed by atoms with Crippen molar-refractivity contribution < 1.29 is 4.79 Å². The number of hydrogen-bond acceptors (Lipinski definition) is 2. The van der Waals surface area contributed by atoms with E-state index in [0.29, 0.717) is 5.69 Å². The van der Waals surface area contributed by atoms with Gasteiger partial charge in [0.05, 0.1) is 6.04 Å². The predicted molar refractivity (Wildman–Crippen MR) is 82.6 cm³/mol. The van der Waals surface area contributed by atoms with Gasteiger partial charge in [0.1, 0.15) is 0 Å². The Morgan fingerprint density at radius 3 is 2.50 bits per heavy atom. The Bertz CT molecular complexity index is 593. The number of urea groups is 1. The Morgan fingerprint density at radius 2 is 1.85 bits per heavy atom. The van der Waals surface area contributed by atoms with Gasteiger partial charge in [0, 0.05) is 11.4 Å². The molecule has 2 rings (SSSR count). The molecule has 4 N–H and O–H groups in total. The molecule has 2 aromatic carbocycles. The third-order valence-corrected chi connectivity index (χ3v) is 3.06. The second-order valence-electron chi connectivity index (χ2n) is 4.86. The number of nitrogen functional groups attached to an aromatic ring is 1. The van der Waals surface area contributed by atoms with Crippen molar-refractivity contribution in [3.8, 4) is 0 Å². The van der Waals surface area contributed by atoms with E-state index in [1.54, 1.807) is 0 Å². The molecule has 0 aliphatic heterocycles. The van der Waals surface area contributed by atoms with E-state index in [9.17, 15) is 4.79 Å². The van der Waals surface area contributed by atoms with Crippen molar-refractivity contribution in [1.82, 2.24) is 5.32 Å². The maximum absolute atomic E-state index is 11.9. The van der Waals surface area contributed by atoms with Crippen LogP contribution >= 0.6 is 0 Å². The molecule has 1 unspecified atom stereocenters. The molecule has 4 heteroatoms. The Kier molecular flexibility index (Phi) is 4.25. The molecule has 0 saturated heterocycles. The summed E-state index contributed by atoms with van der Waals surface area (Å²) in [6, 6.07) is 14.8. The number of anilines is 2. The molecule has 0 aliphatic carbocycles. The Balaban J connectivity index is 1.95. The first kappa shape index (κ1) is 13.9. The van der Waals surface area contributed by atoms with E-state index in [1.165, 1.54) is 0 Å². The van der Waals surface area contributed by atoms with Gasteiger partial charge < -0.3 is 16.4 Å². The molecule has 0 radical (unpaired) electrons. The zero-order valence-corrected chi connectivity index (χ0v) is 11.7. The van der Waals surface area contributed by atoms with E-state index in [4.69, 9.17) is 5.73 Å². The van der Waals surface area contributed by atoms with Crippen LogP contribution in [0.1, 0.15) is 24.1 Å². The molecule has 0 heterocycles. The van der Waals surface area contributed by atoms with Crippen LogP contribution in [0.4, 0.5) is 16.2 Å². The average Bonchev–Trinajstić information content (AvgIpc) is 2.39. The number of amides is 2. The van der Waals surface area contributed by atoms with Crippen LogP contribution in [-0.2, 0) is 0 Å². The molecular weight excluding hydrogens is 250 g/mol. The number of carbonyl (C=O) groups excluding carboxylic acids is 1. The van der Waals surface area contributed by atoms with Crippen molar-refractivity contribution in [2.24, 2.45) is 0 Å². The van der Waals surface area contributed by atoms with Gasteiger partial charge in [0.2, 0.25) is 0 Å². The smallest absolute Gasteiger partial charge is 0.319 e. The number of aryl methyl sites for hydroxylation is 1. The topological polar surface area (TPSA) is 67.2 Å². The lowest BCUT2D eigenvalue weighted by atomic mass is 10.1. The summed E-state index contributed by atoms with van der Waals surface area (Å²) in [6.07, 6.45) is 0. The van der Waals surface area contributed by atoms with Gasteiger partial charge in [-0.2, -0.15) is 0 Å². The molecule has 0 bridgehead atoms. The van der Waals surface area contributed by atoms with Gasteiger partial charge in [-0.15, -0.1) is 0 Å². The lowest BCUT2D eigenvalue weighted by Gasteiger charge is -2.15. The summed E-state index contributed by atoms with van der Waals surface area (Å²) in [5.41, 5.74) is 9.26. The third kappa shape index (κ3) is 3.75. The molecule has 2 aromatic rings. The number of hydrogen-bond donors (Lipinski definition) is 3. The van der Waals surface area contributed by atoms with Gasteiger partial charge in [0.25, 0.3) is 0 Å². The molecule has 0 aliphatic rings. The van der Waals surface area contributed by atoms with Crippen molar-refractivity contribution in [2.75, 3.05) is 11.1 Å². The zero-order chi connectivity index (χ0) is 14.5. The van der Waals surface area contributed by atoms with E-state index in [-0.39, 0.29) is 12.1 Å². The first-order chi connectivity index (χ1) is 9.54. The van der Waals surface area contributed by atoms with Crippen LogP contribution in [0.5, 0.6) is 0 Å². The minimum absolute atomic E-state index is 0.0830. The molecule has 2 amide bonds. The number of nitrogens with two attached hydrogens (primary N) is 1. The van der Waals surface area contributed by atoms with Gasteiger partial charge in [-0.1, -0.05) is 24.3 Å². The number of benzene rings is 2. The SMILES string of the molecule is Cc1cccc(NC(=O)NC(C)c2ccc(N)cc2)c1. The van der Waals surface area contributed by atoms with E-state index >= 15 is 0 Å². The maximum Gasteiger partial charge on any atom is 0.319 e. The van der Waals surface area contributed by atoms with Crippen molar-refractivity contribution in [2.45, 2.75) is 19.9 Å². The molecule has 0 saturated carbocycles. The summed E-state index contributed by atoms with van der Waals surface area (Å²) < 4.78 is 0. The highest BCUT2D eigenvalue weighted by Crippen LogP contribution is 2.15. The standard InChI is InChI=1S/C16H19N3O/c1-11-4-3-5-15(10-11)19-16(20)18-12(2)13-6-8-14(17)9-7-13/h3-10,12H,17H2,1-2H3,(H2,18,19,20). The fourth-order valence-corrected chi connectivity index (χ4v) is 1.95. The fraction of sp³-hybridized carbons (Fsp3) is 0.188. The highest BCUT2D eigenvalue weighted by atomic mass is 16.2. The lowest BCUT2D eigenvalue weighted by molar-refractivity contribution is 0.249. The lowest BCUT2D eigenvalue weighted by Crippen LogP contribution is -2.31. The predicted octanol–water partition coefficient (Wildman–Crippen LogP) is 3.46. The van der Waals surface area contributed by atoms with E-state index in [1.807, 2.05) is 62.4 Å². The summed E-state index contributed by atoms with van der Waals surface area (Å²) in [7, 11) is 0. The largest absolute Gasteiger partial charge is 0.399 e. The molecule has 104 valence electrons. The van der Waals surface area contributed by atoms with Crippen LogP contribution < -0.4 is 16.4 Å². The summed E-state index contributed by atoms with van der Waals surface area (Å²) in [6.45, 7) is 3.92. The molecular formula is C16H19N3O. The molecule has 20 heavy (non-hydrogen) atoms. The minimum atomic E-state index is -0.222. The number of rotatable bonds is 3. The van der Waals surface area contributed by atoms with E-state index in [0.717, 1.165) is 16.8 Å². The van der Waals surface area contributed by atoms with Crippen molar-refractivity contribution in [3.63, 3.8) is 0 Å². The van der Waals surface area contributed by atoms with Gasteiger partial charge in [-0.3, -0.25) is 0 Å². The quantitative estimate of drug-likeness (QED) is 0.747. The van der Waals surface area contributed by atoms with Crippen LogP contribution in [0, 0.1) is 6.92 Å². The molecule has 4 nitrogen and oxygen atoms in total. The van der Waals surface area contributed by atoms with Crippen molar-refractivity contribution in [3.05, 3.63) is 59.7 Å². The summed E-state index contributed by atoms with van der Waals surface area (Å²) >= 11 is 0. The Labute approximate surface area is 119 Å². The van der Waals surface area contributed by atoms with Gasteiger partial charge in [-0.05, 0) is 49.2 Å². The summed E-state index contributed by atoms with van der Waals surface area (Å²) in [4.78, 5) is 11.9. The van der Waals surface area contributed by atoms with Crippen molar-refractivity contribution >= 4 is 17.4 Å². The Morgan fingerprint density at radius 1 is 1.15 bits per heavy atom.